The molecule has 0 saturated heterocycles. The Morgan fingerprint density at radius 2 is 1.95 bits per heavy atom. The minimum atomic E-state index is -3.73. The number of aliphatic carboxylic acids is 1. The molecule has 0 bridgehead atoms. The van der Waals surface area contributed by atoms with Crippen molar-refractivity contribution < 1.29 is 18.3 Å². The Bertz CT molecular complexity index is 656. The molecule has 0 unspecified atom stereocenters. The summed E-state index contributed by atoms with van der Waals surface area (Å²) in [5.74, 6) is -0.913. The molecule has 0 radical (unpaired) electrons. The Balaban J connectivity index is 2.10. The molecule has 1 aromatic carbocycles. The van der Waals surface area contributed by atoms with Gasteiger partial charge >= 0.3 is 5.97 Å². The van der Waals surface area contributed by atoms with Crippen molar-refractivity contribution in [3.8, 4) is 0 Å². The molecule has 116 valence electrons. The predicted octanol–water partition coefficient (Wildman–Crippen LogP) is 2.92. The van der Waals surface area contributed by atoms with Gasteiger partial charge in [0.1, 0.15) is 0 Å². The molecule has 1 aliphatic carbocycles. The van der Waals surface area contributed by atoms with Crippen LogP contribution < -0.4 is 4.72 Å². The van der Waals surface area contributed by atoms with E-state index in [1.165, 1.54) is 18.2 Å². The minimum Gasteiger partial charge on any atom is -0.481 e. The molecule has 2 N–H and O–H groups in total. The normalized spacial score (nSPS) is 17.2. The first-order valence-corrected chi connectivity index (χ1v) is 8.65. The molecule has 21 heavy (non-hydrogen) atoms. The number of benzene rings is 1. The predicted molar refractivity (Wildman–Crippen MR) is 80.2 cm³/mol. The number of carbonyl (C=O) groups is 1. The van der Waals surface area contributed by atoms with E-state index >= 15 is 0 Å². The largest absolute Gasteiger partial charge is 0.481 e. The van der Waals surface area contributed by atoms with E-state index in [-0.39, 0.29) is 27.9 Å². The molecule has 1 saturated carbocycles. The van der Waals surface area contributed by atoms with Crippen LogP contribution >= 0.6 is 23.2 Å². The third-order valence-corrected chi connectivity index (χ3v) is 5.92. The van der Waals surface area contributed by atoms with Gasteiger partial charge in [0.25, 0.3) is 0 Å². The maximum Gasteiger partial charge on any atom is 0.303 e. The highest BCUT2D eigenvalue weighted by atomic mass is 35.5. The summed E-state index contributed by atoms with van der Waals surface area (Å²) in [7, 11) is -3.73. The van der Waals surface area contributed by atoms with E-state index in [1.807, 2.05) is 0 Å². The van der Waals surface area contributed by atoms with E-state index in [1.54, 1.807) is 0 Å². The lowest BCUT2D eigenvalue weighted by atomic mass is 9.67. The van der Waals surface area contributed by atoms with Crippen LogP contribution in [0.15, 0.2) is 23.1 Å². The van der Waals surface area contributed by atoms with Crippen LogP contribution in [0.1, 0.15) is 25.7 Å². The van der Waals surface area contributed by atoms with Gasteiger partial charge < -0.3 is 5.11 Å². The minimum absolute atomic E-state index is 0.0155. The molecular weight excluding hydrogens is 337 g/mol. The standard InChI is InChI=1S/C13H15Cl2NO4S/c14-10-3-2-9(6-11(10)15)21(19,20)16-8-13(4-1-5-13)7-12(17)18/h2-3,6,16H,1,4-5,7-8H2,(H,17,18). The quantitative estimate of drug-likeness (QED) is 0.825. The smallest absolute Gasteiger partial charge is 0.303 e. The number of sulfonamides is 1. The van der Waals surface area contributed by atoms with Gasteiger partial charge in [0.15, 0.2) is 0 Å². The van der Waals surface area contributed by atoms with E-state index in [0.717, 1.165) is 6.42 Å². The Labute approximate surface area is 133 Å². The van der Waals surface area contributed by atoms with Gasteiger partial charge in [0, 0.05) is 6.54 Å². The summed E-state index contributed by atoms with van der Waals surface area (Å²) >= 11 is 11.6. The maximum atomic E-state index is 12.2. The zero-order valence-electron chi connectivity index (χ0n) is 11.1. The zero-order chi connectivity index (χ0) is 15.7. The zero-order valence-corrected chi connectivity index (χ0v) is 13.4. The third-order valence-electron chi connectivity index (χ3n) is 3.78. The van der Waals surface area contributed by atoms with Gasteiger partial charge in [-0.2, -0.15) is 0 Å². The number of halogens is 2. The van der Waals surface area contributed by atoms with Gasteiger partial charge in [-0.1, -0.05) is 29.6 Å². The summed E-state index contributed by atoms with van der Waals surface area (Å²) in [6.07, 6.45) is 2.31. The topological polar surface area (TPSA) is 83.5 Å². The van der Waals surface area contributed by atoms with Gasteiger partial charge in [0.2, 0.25) is 10.0 Å². The summed E-state index contributed by atoms with van der Waals surface area (Å²) in [4.78, 5) is 10.9. The van der Waals surface area contributed by atoms with Gasteiger partial charge in [0.05, 0.1) is 21.4 Å². The van der Waals surface area contributed by atoms with Gasteiger partial charge in [-0.05, 0) is 36.5 Å². The van der Waals surface area contributed by atoms with E-state index in [0.29, 0.717) is 12.8 Å². The fourth-order valence-corrected chi connectivity index (χ4v) is 3.93. The Kier molecular flexibility index (Phi) is 4.82. The lowest BCUT2D eigenvalue weighted by molar-refractivity contribution is -0.141. The van der Waals surface area contributed by atoms with Crippen LogP contribution in [-0.2, 0) is 14.8 Å². The molecule has 2 rings (SSSR count). The molecular formula is C13H15Cl2NO4S. The second kappa shape index (κ2) is 6.12. The van der Waals surface area contributed by atoms with Crippen LogP contribution in [0.5, 0.6) is 0 Å². The van der Waals surface area contributed by atoms with Gasteiger partial charge in [-0.3, -0.25) is 4.79 Å². The van der Waals surface area contributed by atoms with Crippen molar-refractivity contribution in [3.05, 3.63) is 28.2 Å². The molecule has 8 heteroatoms. The van der Waals surface area contributed by atoms with Crippen LogP contribution in [0.4, 0.5) is 0 Å². The van der Waals surface area contributed by atoms with Crippen molar-refractivity contribution in [2.75, 3.05) is 6.54 Å². The lowest BCUT2D eigenvalue weighted by Gasteiger charge is -2.40. The number of rotatable bonds is 6. The average molecular weight is 352 g/mol. The molecule has 5 nitrogen and oxygen atoms in total. The molecule has 0 spiro atoms. The molecule has 0 aliphatic heterocycles. The first-order valence-electron chi connectivity index (χ1n) is 6.41. The average Bonchev–Trinajstić information content (AvgIpc) is 2.35. The van der Waals surface area contributed by atoms with Crippen LogP contribution in [0.25, 0.3) is 0 Å². The molecule has 1 fully saturated rings. The van der Waals surface area contributed by atoms with Crippen molar-refractivity contribution in [1.29, 1.82) is 0 Å². The molecule has 0 heterocycles. The number of nitrogens with one attached hydrogen (secondary N) is 1. The maximum absolute atomic E-state index is 12.2. The highest BCUT2D eigenvalue weighted by molar-refractivity contribution is 7.89. The molecule has 0 aromatic heterocycles. The second-order valence-corrected chi connectivity index (χ2v) is 7.91. The molecule has 0 amide bonds. The summed E-state index contributed by atoms with van der Waals surface area (Å²) < 4.78 is 26.9. The molecule has 0 atom stereocenters. The Morgan fingerprint density at radius 1 is 1.29 bits per heavy atom. The Morgan fingerprint density at radius 3 is 2.43 bits per heavy atom. The number of carboxylic acid groups (broad SMARTS) is 1. The summed E-state index contributed by atoms with van der Waals surface area (Å²) in [6, 6.07) is 4.05. The molecule has 1 aromatic rings. The van der Waals surface area contributed by atoms with E-state index in [2.05, 4.69) is 4.72 Å². The third kappa shape index (κ3) is 3.88. The van der Waals surface area contributed by atoms with E-state index in [4.69, 9.17) is 28.3 Å². The monoisotopic (exact) mass is 351 g/mol. The van der Waals surface area contributed by atoms with Crippen molar-refractivity contribution in [2.45, 2.75) is 30.6 Å². The van der Waals surface area contributed by atoms with Crippen molar-refractivity contribution in [1.82, 2.24) is 4.72 Å². The highest BCUT2D eigenvalue weighted by Gasteiger charge is 2.39. The van der Waals surface area contributed by atoms with Gasteiger partial charge in [-0.15, -0.1) is 0 Å². The van der Waals surface area contributed by atoms with Crippen LogP contribution in [0.3, 0.4) is 0 Å². The first-order chi connectivity index (χ1) is 9.74. The summed E-state index contributed by atoms with van der Waals surface area (Å²) in [5, 5.41) is 9.35. The lowest BCUT2D eigenvalue weighted by Crippen LogP contribution is -2.43. The highest BCUT2D eigenvalue weighted by Crippen LogP contribution is 2.43. The van der Waals surface area contributed by atoms with Crippen LogP contribution in [0.2, 0.25) is 10.0 Å². The van der Waals surface area contributed by atoms with Crippen LogP contribution in [0, 0.1) is 5.41 Å². The number of carboxylic acids is 1. The second-order valence-electron chi connectivity index (χ2n) is 5.32. The summed E-state index contributed by atoms with van der Waals surface area (Å²) in [5.41, 5.74) is -0.477. The summed E-state index contributed by atoms with van der Waals surface area (Å²) in [6.45, 7) is 0.113. The van der Waals surface area contributed by atoms with Crippen molar-refractivity contribution in [2.24, 2.45) is 5.41 Å². The number of hydrogen-bond donors (Lipinski definition) is 2. The van der Waals surface area contributed by atoms with Crippen molar-refractivity contribution >= 4 is 39.2 Å². The van der Waals surface area contributed by atoms with Gasteiger partial charge in [-0.25, -0.2) is 13.1 Å². The van der Waals surface area contributed by atoms with E-state index in [9.17, 15) is 13.2 Å². The fourth-order valence-electron chi connectivity index (χ4n) is 2.39. The Hall–Kier alpha value is -0.820. The fraction of sp³-hybridized carbons (Fsp3) is 0.462. The number of hydrogen-bond acceptors (Lipinski definition) is 3. The van der Waals surface area contributed by atoms with E-state index < -0.39 is 21.4 Å². The van der Waals surface area contributed by atoms with Crippen LogP contribution in [-0.4, -0.2) is 26.0 Å². The SMILES string of the molecule is O=C(O)CC1(CNS(=O)(=O)c2ccc(Cl)c(Cl)c2)CCC1. The first kappa shape index (κ1) is 16.5. The van der Waals surface area contributed by atoms with Crippen molar-refractivity contribution in [3.63, 3.8) is 0 Å². The molecule has 1 aliphatic rings.